The Labute approximate surface area is 171 Å². The smallest absolute Gasteiger partial charge is 0.262 e. The summed E-state index contributed by atoms with van der Waals surface area (Å²) in [6.07, 6.45) is 0. The topological polar surface area (TPSA) is 59.6 Å². The fraction of sp³-hybridized carbons (Fsp3) is 0.208. The number of amides is 1. The molecule has 0 aliphatic rings. The average molecular weight is 390 g/mol. The summed E-state index contributed by atoms with van der Waals surface area (Å²) in [6, 6.07) is 21.6. The Morgan fingerprint density at radius 3 is 2.45 bits per heavy atom. The highest BCUT2D eigenvalue weighted by molar-refractivity contribution is 5.92. The van der Waals surface area contributed by atoms with E-state index < -0.39 is 0 Å². The van der Waals surface area contributed by atoms with Gasteiger partial charge in [-0.05, 0) is 55.3 Å². The van der Waals surface area contributed by atoms with Gasteiger partial charge in [0.25, 0.3) is 5.91 Å². The molecule has 0 spiro atoms. The van der Waals surface area contributed by atoms with Gasteiger partial charge < -0.3 is 20.1 Å². The second-order valence-electron chi connectivity index (χ2n) is 6.86. The monoisotopic (exact) mass is 390 g/mol. The molecule has 0 atom stereocenters. The van der Waals surface area contributed by atoms with Crippen LogP contribution in [0, 0.1) is 13.8 Å². The molecule has 0 fully saturated rings. The Hall–Kier alpha value is -3.47. The highest BCUT2D eigenvalue weighted by Crippen LogP contribution is 2.28. The SMILES string of the molecule is COc1cc(CNc2ccccc2)ccc1OCC(=O)Nc1ccc(C)cc1C. The Bertz CT molecular complexity index is 971. The van der Waals surface area contributed by atoms with Gasteiger partial charge in [0.1, 0.15) is 0 Å². The molecule has 0 aliphatic heterocycles. The molecule has 0 aliphatic carbocycles. The predicted molar refractivity (Wildman–Crippen MR) is 117 cm³/mol. The van der Waals surface area contributed by atoms with Crippen molar-refractivity contribution in [3.63, 3.8) is 0 Å². The van der Waals surface area contributed by atoms with Crippen molar-refractivity contribution in [3.8, 4) is 11.5 Å². The average Bonchev–Trinajstić information content (AvgIpc) is 2.73. The Morgan fingerprint density at radius 2 is 1.72 bits per heavy atom. The van der Waals surface area contributed by atoms with Gasteiger partial charge in [0.15, 0.2) is 18.1 Å². The summed E-state index contributed by atoms with van der Waals surface area (Å²) in [4.78, 5) is 12.3. The third-order valence-electron chi connectivity index (χ3n) is 4.51. The molecular formula is C24H26N2O3. The molecule has 0 heterocycles. The summed E-state index contributed by atoms with van der Waals surface area (Å²) in [5, 5.41) is 6.24. The summed E-state index contributed by atoms with van der Waals surface area (Å²) < 4.78 is 11.1. The largest absolute Gasteiger partial charge is 0.493 e. The normalized spacial score (nSPS) is 10.3. The molecular weight excluding hydrogens is 364 g/mol. The van der Waals surface area contributed by atoms with Gasteiger partial charge in [-0.3, -0.25) is 4.79 Å². The summed E-state index contributed by atoms with van der Waals surface area (Å²) in [7, 11) is 1.59. The van der Waals surface area contributed by atoms with Crippen molar-refractivity contribution >= 4 is 17.3 Å². The van der Waals surface area contributed by atoms with E-state index in [2.05, 4.69) is 10.6 Å². The van der Waals surface area contributed by atoms with Crippen molar-refractivity contribution in [1.82, 2.24) is 0 Å². The van der Waals surface area contributed by atoms with Crippen LogP contribution < -0.4 is 20.1 Å². The lowest BCUT2D eigenvalue weighted by Gasteiger charge is -2.14. The molecule has 1 amide bonds. The first-order valence-electron chi connectivity index (χ1n) is 9.51. The lowest BCUT2D eigenvalue weighted by molar-refractivity contribution is -0.118. The van der Waals surface area contributed by atoms with Gasteiger partial charge in [0, 0.05) is 17.9 Å². The number of hydrogen-bond acceptors (Lipinski definition) is 4. The fourth-order valence-electron chi connectivity index (χ4n) is 2.98. The molecule has 29 heavy (non-hydrogen) atoms. The molecule has 0 saturated carbocycles. The number of carbonyl (C=O) groups is 1. The predicted octanol–water partition coefficient (Wildman–Crippen LogP) is 4.94. The minimum absolute atomic E-state index is 0.0920. The molecule has 3 aromatic rings. The number of anilines is 2. The molecule has 5 heteroatoms. The van der Waals surface area contributed by atoms with Crippen LogP contribution in [-0.4, -0.2) is 19.6 Å². The van der Waals surface area contributed by atoms with E-state index in [1.165, 1.54) is 0 Å². The van der Waals surface area contributed by atoms with Crippen molar-refractivity contribution < 1.29 is 14.3 Å². The first-order valence-corrected chi connectivity index (χ1v) is 9.51. The van der Waals surface area contributed by atoms with Crippen molar-refractivity contribution in [3.05, 3.63) is 83.4 Å². The van der Waals surface area contributed by atoms with Gasteiger partial charge >= 0.3 is 0 Å². The number of methoxy groups -OCH3 is 1. The van der Waals surface area contributed by atoms with E-state index in [-0.39, 0.29) is 12.5 Å². The first kappa shape index (κ1) is 20.3. The fourth-order valence-corrected chi connectivity index (χ4v) is 2.98. The zero-order chi connectivity index (χ0) is 20.6. The van der Waals surface area contributed by atoms with Gasteiger partial charge in [-0.25, -0.2) is 0 Å². The van der Waals surface area contributed by atoms with Crippen molar-refractivity contribution in [1.29, 1.82) is 0 Å². The van der Waals surface area contributed by atoms with E-state index in [4.69, 9.17) is 9.47 Å². The standard InChI is InChI=1S/C24H26N2O3/c1-17-9-11-21(18(2)13-17)26-24(27)16-29-22-12-10-19(14-23(22)28-3)15-25-20-7-5-4-6-8-20/h4-14,25H,15-16H2,1-3H3,(H,26,27). The summed E-state index contributed by atoms with van der Waals surface area (Å²) in [5.41, 5.74) is 5.07. The van der Waals surface area contributed by atoms with Crippen molar-refractivity contribution in [2.75, 3.05) is 24.4 Å². The van der Waals surface area contributed by atoms with Gasteiger partial charge in [0.2, 0.25) is 0 Å². The second-order valence-corrected chi connectivity index (χ2v) is 6.86. The number of rotatable bonds is 8. The number of para-hydroxylation sites is 1. The molecule has 0 aromatic heterocycles. The zero-order valence-corrected chi connectivity index (χ0v) is 17.0. The van der Waals surface area contributed by atoms with Gasteiger partial charge in [-0.1, -0.05) is 42.0 Å². The summed E-state index contributed by atoms with van der Waals surface area (Å²) in [6.45, 7) is 4.56. The van der Waals surface area contributed by atoms with Crippen LogP contribution in [0.3, 0.4) is 0 Å². The van der Waals surface area contributed by atoms with Crippen LogP contribution in [0.15, 0.2) is 66.7 Å². The molecule has 0 radical (unpaired) electrons. The number of benzene rings is 3. The first-order chi connectivity index (χ1) is 14.0. The Morgan fingerprint density at radius 1 is 0.931 bits per heavy atom. The second kappa shape index (κ2) is 9.64. The highest BCUT2D eigenvalue weighted by Gasteiger charge is 2.10. The van der Waals surface area contributed by atoms with Crippen LogP contribution >= 0.6 is 0 Å². The van der Waals surface area contributed by atoms with Gasteiger partial charge in [-0.15, -0.1) is 0 Å². The molecule has 2 N–H and O–H groups in total. The molecule has 3 aromatic carbocycles. The quantitative estimate of drug-likeness (QED) is 0.572. The number of ether oxygens (including phenoxy) is 2. The van der Waals surface area contributed by atoms with E-state index in [0.717, 1.165) is 28.1 Å². The van der Waals surface area contributed by atoms with Crippen LogP contribution in [0.25, 0.3) is 0 Å². The molecule has 150 valence electrons. The van der Waals surface area contributed by atoms with E-state index in [9.17, 15) is 4.79 Å². The van der Waals surface area contributed by atoms with E-state index in [1.807, 2.05) is 80.6 Å². The maximum atomic E-state index is 12.3. The van der Waals surface area contributed by atoms with Gasteiger partial charge in [0.05, 0.1) is 7.11 Å². The minimum Gasteiger partial charge on any atom is -0.493 e. The van der Waals surface area contributed by atoms with Crippen LogP contribution in [0.5, 0.6) is 11.5 Å². The van der Waals surface area contributed by atoms with Crippen molar-refractivity contribution in [2.45, 2.75) is 20.4 Å². The molecule has 0 unspecified atom stereocenters. The van der Waals surface area contributed by atoms with Crippen LogP contribution in [0.4, 0.5) is 11.4 Å². The minimum atomic E-state index is -0.214. The Balaban J connectivity index is 1.58. The number of hydrogen-bond donors (Lipinski definition) is 2. The Kier molecular flexibility index (Phi) is 6.74. The lowest BCUT2D eigenvalue weighted by Crippen LogP contribution is -2.20. The van der Waals surface area contributed by atoms with Gasteiger partial charge in [-0.2, -0.15) is 0 Å². The van der Waals surface area contributed by atoms with E-state index >= 15 is 0 Å². The number of aryl methyl sites for hydroxylation is 2. The number of carbonyl (C=O) groups excluding carboxylic acids is 1. The molecule has 3 rings (SSSR count). The highest BCUT2D eigenvalue weighted by atomic mass is 16.5. The maximum Gasteiger partial charge on any atom is 0.262 e. The zero-order valence-electron chi connectivity index (χ0n) is 17.0. The van der Waals surface area contributed by atoms with Crippen LogP contribution in [0.2, 0.25) is 0 Å². The molecule has 0 bridgehead atoms. The van der Waals surface area contributed by atoms with Crippen molar-refractivity contribution in [2.24, 2.45) is 0 Å². The molecule has 5 nitrogen and oxygen atoms in total. The third-order valence-corrected chi connectivity index (χ3v) is 4.51. The lowest BCUT2D eigenvalue weighted by atomic mass is 10.1. The summed E-state index contributed by atoms with van der Waals surface area (Å²) in [5.74, 6) is 0.914. The summed E-state index contributed by atoms with van der Waals surface area (Å²) >= 11 is 0. The van der Waals surface area contributed by atoms with Crippen LogP contribution in [-0.2, 0) is 11.3 Å². The van der Waals surface area contributed by atoms with Crippen LogP contribution in [0.1, 0.15) is 16.7 Å². The number of nitrogens with one attached hydrogen (secondary N) is 2. The van der Waals surface area contributed by atoms with E-state index in [0.29, 0.717) is 18.0 Å². The van der Waals surface area contributed by atoms with E-state index in [1.54, 1.807) is 7.11 Å². The maximum absolute atomic E-state index is 12.3. The third kappa shape index (κ3) is 5.75. The molecule has 0 saturated heterocycles.